The number of aromatic nitrogens is 2. The summed E-state index contributed by atoms with van der Waals surface area (Å²) in [5.74, 6) is 1.24. The van der Waals surface area contributed by atoms with Gasteiger partial charge in [0, 0.05) is 26.4 Å². The minimum atomic E-state index is 0.0511. The fourth-order valence-corrected chi connectivity index (χ4v) is 3.50. The highest BCUT2D eigenvalue weighted by molar-refractivity contribution is 5.75. The number of unbranched alkanes of at least 4 members (excludes halogenated alkanes) is 2. The number of aryl methyl sites for hydroxylation is 3. The predicted octanol–water partition coefficient (Wildman–Crippen LogP) is 4.52. The topological polar surface area (TPSA) is 46.9 Å². The normalized spacial score (nSPS) is 11.0. The largest absolute Gasteiger partial charge is 0.356 e. The Labute approximate surface area is 161 Å². The smallest absolute Gasteiger partial charge is 0.216 e. The zero-order chi connectivity index (χ0) is 18.9. The van der Waals surface area contributed by atoms with Gasteiger partial charge in [0.25, 0.3) is 0 Å². The van der Waals surface area contributed by atoms with Crippen LogP contribution in [0.1, 0.15) is 44.0 Å². The fraction of sp³-hybridized carbons (Fsp3) is 0.391. The van der Waals surface area contributed by atoms with Crippen LogP contribution in [0.2, 0.25) is 0 Å². The molecule has 4 nitrogen and oxygen atoms in total. The number of para-hydroxylation sites is 2. The van der Waals surface area contributed by atoms with Crippen LogP contribution in [0.15, 0.2) is 54.6 Å². The second kappa shape index (κ2) is 9.91. The van der Waals surface area contributed by atoms with Crippen molar-refractivity contribution in [1.82, 2.24) is 14.9 Å². The summed E-state index contributed by atoms with van der Waals surface area (Å²) in [6, 6.07) is 19.1. The molecule has 0 atom stereocenters. The molecule has 0 unspecified atom stereocenters. The van der Waals surface area contributed by atoms with Gasteiger partial charge in [0.2, 0.25) is 5.91 Å². The van der Waals surface area contributed by atoms with Crippen LogP contribution >= 0.6 is 0 Å². The third kappa shape index (κ3) is 5.68. The van der Waals surface area contributed by atoms with E-state index in [2.05, 4.69) is 64.5 Å². The van der Waals surface area contributed by atoms with E-state index in [1.807, 2.05) is 0 Å². The van der Waals surface area contributed by atoms with Crippen LogP contribution in [0, 0.1) is 0 Å². The summed E-state index contributed by atoms with van der Waals surface area (Å²) in [6.07, 6.45) is 6.41. The first-order valence-electron chi connectivity index (χ1n) is 9.96. The van der Waals surface area contributed by atoms with Crippen LogP contribution in [0.4, 0.5) is 0 Å². The number of carbonyl (C=O) groups excluding carboxylic acids is 1. The van der Waals surface area contributed by atoms with Crippen LogP contribution in [0.3, 0.4) is 0 Å². The number of hydrogen-bond acceptors (Lipinski definition) is 2. The zero-order valence-corrected chi connectivity index (χ0v) is 16.2. The molecule has 0 bridgehead atoms. The van der Waals surface area contributed by atoms with Gasteiger partial charge in [-0.25, -0.2) is 4.98 Å². The quantitative estimate of drug-likeness (QED) is 0.538. The minimum absolute atomic E-state index is 0.0511. The number of hydrogen-bond donors (Lipinski definition) is 1. The van der Waals surface area contributed by atoms with E-state index in [1.165, 1.54) is 16.9 Å². The Morgan fingerprint density at radius 2 is 1.70 bits per heavy atom. The molecule has 0 fully saturated rings. The third-order valence-corrected chi connectivity index (χ3v) is 4.87. The number of amides is 1. The summed E-state index contributed by atoms with van der Waals surface area (Å²) >= 11 is 0. The van der Waals surface area contributed by atoms with Crippen LogP contribution < -0.4 is 5.32 Å². The minimum Gasteiger partial charge on any atom is -0.356 e. The van der Waals surface area contributed by atoms with Crippen LogP contribution in [0.25, 0.3) is 11.0 Å². The van der Waals surface area contributed by atoms with Crippen molar-refractivity contribution in [3.8, 4) is 0 Å². The van der Waals surface area contributed by atoms with Crippen molar-refractivity contribution in [3.63, 3.8) is 0 Å². The maximum absolute atomic E-state index is 10.9. The molecule has 3 aromatic rings. The molecule has 0 aliphatic rings. The summed E-state index contributed by atoms with van der Waals surface area (Å²) in [6.45, 7) is 3.33. The second-order valence-electron chi connectivity index (χ2n) is 7.05. The molecular weight excluding hydrogens is 334 g/mol. The number of imidazole rings is 1. The van der Waals surface area contributed by atoms with E-state index in [-0.39, 0.29) is 5.91 Å². The Kier molecular flexibility index (Phi) is 7.03. The van der Waals surface area contributed by atoms with Gasteiger partial charge >= 0.3 is 0 Å². The summed E-state index contributed by atoms with van der Waals surface area (Å²) < 4.78 is 2.39. The van der Waals surface area contributed by atoms with Gasteiger partial charge in [-0.2, -0.15) is 0 Å². The standard InChI is InChI=1S/C23H29N3O/c1-19(27)24-17-9-3-6-16-23-25-21-14-7-8-15-22(21)26(23)18-10-13-20-11-4-2-5-12-20/h2,4-5,7-8,11-12,14-15H,3,6,9-10,13,16-18H2,1H3,(H,24,27). The van der Waals surface area contributed by atoms with Crippen molar-refractivity contribution < 1.29 is 4.79 Å². The number of rotatable bonds is 10. The van der Waals surface area contributed by atoms with Gasteiger partial charge in [-0.3, -0.25) is 4.79 Å². The van der Waals surface area contributed by atoms with Crippen molar-refractivity contribution in [2.75, 3.05) is 6.54 Å². The first kappa shape index (κ1) is 19.2. The number of benzene rings is 2. The summed E-state index contributed by atoms with van der Waals surface area (Å²) in [7, 11) is 0. The molecule has 1 heterocycles. The van der Waals surface area contributed by atoms with Gasteiger partial charge in [-0.1, -0.05) is 48.9 Å². The lowest BCUT2D eigenvalue weighted by molar-refractivity contribution is -0.118. The van der Waals surface area contributed by atoms with Crippen LogP contribution in [-0.4, -0.2) is 22.0 Å². The molecule has 27 heavy (non-hydrogen) atoms. The molecule has 142 valence electrons. The summed E-state index contributed by atoms with van der Waals surface area (Å²) in [5, 5.41) is 2.86. The van der Waals surface area contributed by atoms with Gasteiger partial charge in [-0.05, 0) is 43.4 Å². The predicted molar refractivity (Wildman–Crippen MR) is 111 cm³/mol. The van der Waals surface area contributed by atoms with E-state index in [4.69, 9.17) is 4.98 Å². The molecule has 1 amide bonds. The Balaban J connectivity index is 1.58. The van der Waals surface area contributed by atoms with Gasteiger partial charge in [0.05, 0.1) is 11.0 Å². The lowest BCUT2D eigenvalue weighted by Crippen LogP contribution is -2.20. The van der Waals surface area contributed by atoms with Crippen molar-refractivity contribution in [2.24, 2.45) is 0 Å². The molecule has 4 heteroatoms. The number of nitrogens with zero attached hydrogens (tertiary/aromatic N) is 2. The molecule has 0 spiro atoms. The molecule has 2 aromatic carbocycles. The van der Waals surface area contributed by atoms with Crippen LogP contribution in [-0.2, 0) is 24.2 Å². The van der Waals surface area contributed by atoms with E-state index in [0.717, 1.165) is 57.1 Å². The molecule has 1 N–H and O–H groups in total. The second-order valence-corrected chi connectivity index (χ2v) is 7.05. The van der Waals surface area contributed by atoms with E-state index in [1.54, 1.807) is 6.92 Å². The van der Waals surface area contributed by atoms with Crippen molar-refractivity contribution in [2.45, 2.75) is 52.0 Å². The Hall–Kier alpha value is -2.62. The Morgan fingerprint density at radius 1 is 0.926 bits per heavy atom. The molecule has 0 aliphatic carbocycles. The van der Waals surface area contributed by atoms with E-state index < -0.39 is 0 Å². The van der Waals surface area contributed by atoms with Gasteiger partial charge in [0.15, 0.2) is 0 Å². The monoisotopic (exact) mass is 363 g/mol. The van der Waals surface area contributed by atoms with Gasteiger partial charge < -0.3 is 9.88 Å². The van der Waals surface area contributed by atoms with Crippen molar-refractivity contribution in [1.29, 1.82) is 0 Å². The summed E-state index contributed by atoms with van der Waals surface area (Å²) in [4.78, 5) is 15.8. The highest BCUT2D eigenvalue weighted by atomic mass is 16.1. The molecule has 0 saturated heterocycles. The average Bonchev–Trinajstić information content (AvgIpc) is 3.03. The van der Waals surface area contributed by atoms with Crippen molar-refractivity contribution >= 4 is 16.9 Å². The highest BCUT2D eigenvalue weighted by Crippen LogP contribution is 2.19. The number of nitrogens with one attached hydrogen (secondary N) is 1. The van der Waals surface area contributed by atoms with E-state index in [0.29, 0.717) is 0 Å². The third-order valence-electron chi connectivity index (χ3n) is 4.87. The highest BCUT2D eigenvalue weighted by Gasteiger charge is 2.10. The average molecular weight is 364 g/mol. The SMILES string of the molecule is CC(=O)NCCCCCc1nc2ccccc2n1CCCc1ccccc1. The first-order chi connectivity index (χ1) is 13.2. The maximum atomic E-state index is 10.9. The lowest BCUT2D eigenvalue weighted by Gasteiger charge is -2.10. The number of fused-ring (bicyclic) bond motifs is 1. The lowest BCUT2D eigenvalue weighted by atomic mass is 10.1. The fourth-order valence-electron chi connectivity index (χ4n) is 3.50. The van der Waals surface area contributed by atoms with Gasteiger partial charge in [0.1, 0.15) is 5.82 Å². The zero-order valence-electron chi connectivity index (χ0n) is 16.2. The van der Waals surface area contributed by atoms with Crippen molar-refractivity contribution in [3.05, 3.63) is 66.0 Å². The van der Waals surface area contributed by atoms with E-state index >= 15 is 0 Å². The molecule has 0 saturated carbocycles. The number of carbonyl (C=O) groups is 1. The first-order valence-corrected chi connectivity index (χ1v) is 9.96. The molecule has 3 rings (SSSR count). The molecular formula is C23H29N3O. The summed E-state index contributed by atoms with van der Waals surface area (Å²) in [5.41, 5.74) is 3.71. The van der Waals surface area contributed by atoms with Gasteiger partial charge in [-0.15, -0.1) is 0 Å². The Bertz CT molecular complexity index is 854. The molecule has 1 aromatic heterocycles. The molecule has 0 radical (unpaired) electrons. The molecule has 0 aliphatic heterocycles. The van der Waals surface area contributed by atoms with E-state index in [9.17, 15) is 4.79 Å². The maximum Gasteiger partial charge on any atom is 0.216 e. The Morgan fingerprint density at radius 3 is 2.52 bits per heavy atom. The van der Waals surface area contributed by atoms with Crippen LogP contribution in [0.5, 0.6) is 0 Å².